The first-order valence-corrected chi connectivity index (χ1v) is 7.95. The number of hydrogen-bond donors (Lipinski definition) is 1. The van der Waals surface area contributed by atoms with Crippen molar-refractivity contribution in [2.24, 2.45) is 5.41 Å². The van der Waals surface area contributed by atoms with Crippen LogP contribution in [0, 0.1) is 12.3 Å². The first-order chi connectivity index (χ1) is 10.9. The second-order valence-corrected chi connectivity index (χ2v) is 6.89. The lowest BCUT2D eigenvalue weighted by atomic mass is 10.0. The van der Waals surface area contributed by atoms with E-state index in [1.807, 2.05) is 12.1 Å². The molecule has 3 rings (SSSR count). The minimum atomic E-state index is -0.0275. The van der Waals surface area contributed by atoms with Crippen LogP contribution in [-0.4, -0.2) is 19.1 Å². The van der Waals surface area contributed by atoms with Crippen molar-refractivity contribution in [2.45, 2.75) is 32.7 Å². The van der Waals surface area contributed by atoms with Crippen LogP contribution in [0.5, 0.6) is 5.75 Å². The topological polar surface area (TPSA) is 38.3 Å². The number of rotatable bonds is 4. The SMILES string of the molecule is COc1ccc(C(=O)N[C@H]2[C@H](c3ccc(C)cc3)C2(C)C)cc1. The summed E-state index contributed by atoms with van der Waals surface area (Å²) in [5.74, 6) is 1.09. The molecule has 1 saturated carbocycles. The zero-order valence-corrected chi connectivity index (χ0v) is 14.1. The van der Waals surface area contributed by atoms with E-state index in [4.69, 9.17) is 4.74 Å². The predicted octanol–water partition coefficient (Wildman–Crippen LogP) is 3.93. The number of methoxy groups -OCH3 is 1. The number of carbonyl (C=O) groups excluding carboxylic acids is 1. The van der Waals surface area contributed by atoms with Crippen LogP contribution in [-0.2, 0) is 0 Å². The number of nitrogens with one attached hydrogen (secondary N) is 1. The van der Waals surface area contributed by atoms with Gasteiger partial charge in [-0.3, -0.25) is 4.79 Å². The summed E-state index contributed by atoms with van der Waals surface area (Å²) in [6, 6.07) is 16.0. The first-order valence-electron chi connectivity index (χ1n) is 7.95. The number of ether oxygens (including phenoxy) is 1. The van der Waals surface area contributed by atoms with Gasteiger partial charge in [-0.05, 0) is 42.2 Å². The van der Waals surface area contributed by atoms with Gasteiger partial charge in [-0.15, -0.1) is 0 Å². The van der Waals surface area contributed by atoms with Crippen molar-refractivity contribution in [1.82, 2.24) is 5.32 Å². The number of aryl methyl sites for hydroxylation is 1. The summed E-state index contributed by atoms with van der Waals surface area (Å²) in [5.41, 5.74) is 3.29. The fraction of sp³-hybridized carbons (Fsp3) is 0.350. The third-order valence-corrected chi connectivity index (χ3v) is 4.90. The summed E-state index contributed by atoms with van der Waals surface area (Å²) in [4.78, 5) is 12.5. The molecule has 0 saturated heterocycles. The molecular weight excluding hydrogens is 286 g/mol. The Hall–Kier alpha value is -2.29. The molecule has 2 aromatic rings. The maximum atomic E-state index is 12.5. The average molecular weight is 309 g/mol. The molecule has 1 fully saturated rings. The highest BCUT2D eigenvalue weighted by molar-refractivity contribution is 5.95. The Balaban J connectivity index is 1.72. The van der Waals surface area contributed by atoms with Crippen molar-refractivity contribution in [3.8, 4) is 5.75 Å². The van der Waals surface area contributed by atoms with Gasteiger partial charge in [-0.2, -0.15) is 0 Å². The van der Waals surface area contributed by atoms with E-state index in [0.717, 1.165) is 5.75 Å². The molecule has 3 nitrogen and oxygen atoms in total. The van der Waals surface area contributed by atoms with Crippen LogP contribution >= 0.6 is 0 Å². The highest BCUT2D eigenvalue weighted by Gasteiger charge is 2.59. The van der Waals surface area contributed by atoms with E-state index in [2.05, 4.69) is 50.4 Å². The predicted molar refractivity (Wildman–Crippen MR) is 91.9 cm³/mol. The molecule has 1 N–H and O–H groups in total. The fourth-order valence-corrected chi connectivity index (χ4v) is 3.27. The monoisotopic (exact) mass is 309 g/mol. The summed E-state index contributed by atoms with van der Waals surface area (Å²) in [7, 11) is 1.62. The maximum absolute atomic E-state index is 12.5. The molecule has 0 aliphatic heterocycles. The lowest BCUT2D eigenvalue weighted by Crippen LogP contribution is -2.28. The Kier molecular flexibility index (Phi) is 3.88. The van der Waals surface area contributed by atoms with E-state index < -0.39 is 0 Å². The molecule has 3 heteroatoms. The Bertz CT molecular complexity index is 701. The van der Waals surface area contributed by atoms with Crippen molar-refractivity contribution >= 4 is 5.91 Å². The largest absolute Gasteiger partial charge is 0.497 e. The highest BCUT2D eigenvalue weighted by atomic mass is 16.5. The zero-order chi connectivity index (χ0) is 16.6. The van der Waals surface area contributed by atoms with Gasteiger partial charge in [0.2, 0.25) is 0 Å². The number of amides is 1. The summed E-state index contributed by atoms with van der Waals surface area (Å²) >= 11 is 0. The normalized spacial score (nSPS) is 21.6. The van der Waals surface area contributed by atoms with Gasteiger partial charge in [0.15, 0.2) is 0 Å². The Morgan fingerprint density at radius 2 is 1.65 bits per heavy atom. The van der Waals surface area contributed by atoms with Crippen LogP contribution in [0.1, 0.15) is 41.3 Å². The lowest BCUT2D eigenvalue weighted by Gasteiger charge is -2.07. The molecule has 2 aromatic carbocycles. The minimum Gasteiger partial charge on any atom is -0.497 e. The molecule has 1 amide bonds. The molecule has 2 atom stereocenters. The number of hydrogen-bond acceptors (Lipinski definition) is 2. The first kappa shape index (κ1) is 15.6. The standard InChI is InChI=1S/C20H23NO2/c1-13-5-7-14(8-6-13)17-18(20(17,2)3)21-19(22)15-9-11-16(23-4)12-10-15/h5-12,17-18H,1-4H3,(H,21,22)/t17-,18-/m0/s1. The van der Waals surface area contributed by atoms with Crippen LogP contribution in [0.3, 0.4) is 0 Å². The molecule has 0 unspecified atom stereocenters. The van der Waals surface area contributed by atoms with E-state index in [1.165, 1.54) is 11.1 Å². The second kappa shape index (κ2) is 5.73. The van der Waals surface area contributed by atoms with E-state index >= 15 is 0 Å². The van der Waals surface area contributed by atoms with Gasteiger partial charge in [-0.25, -0.2) is 0 Å². The summed E-state index contributed by atoms with van der Waals surface area (Å²) in [5, 5.41) is 3.18. The van der Waals surface area contributed by atoms with E-state index in [-0.39, 0.29) is 17.4 Å². The molecule has 1 aliphatic rings. The van der Waals surface area contributed by atoms with Crippen LogP contribution in [0.2, 0.25) is 0 Å². The van der Waals surface area contributed by atoms with Crippen LogP contribution < -0.4 is 10.1 Å². The van der Waals surface area contributed by atoms with Crippen LogP contribution in [0.25, 0.3) is 0 Å². The molecule has 0 spiro atoms. The van der Waals surface area contributed by atoms with Gasteiger partial charge in [0.25, 0.3) is 5.91 Å². The molecule has 23 heavy (non-hydrogen) atoms. The van der Waals surface area contributed by atoms with Crippen molar-refractivity contribution in [3.05, 3.63) is 65.2 Å². The Morgan fingerprint density at radius 3 is 2.22 bits per heavy atom. The van der Waals surface area contributed by atoms with Gasteiger partial charge in [-0.1, -0.05) is 43.7 Å². The molecule has 1 aliphatic carbocycles. The van der Waals surface area contributed by atoms with Crippen molar-refractivity contribution < 1.29 is 9.53 Å². The quantitative estimate of drug-likeness (QED) is 0.929. The number of carbonyl (C=O) groups is 1. The van der Waals surface area contributed by atoms with E-state index in [1.54, 1.807) is 19.2 Å². The highest BCUT2D eigenvalue weighted by Crippen LogP contribution is 2.58. The Morgan fingerprint density at radius 1 is 1.04 bits per heavy atom. The summed E-state index contributed by atoms with van der Waals surface area (Å²) < 4.78 is 5.13. The second-order valence-electron chi connectivity index (χ2n) is 6.89. The average Bonchev–Trinajstić information content (AvgIpc) is 3.08. The van der Waals surface area contributed by atoms with Crippen molar-refractivity contribution in [1.29, 1.82) is 0 Å². The summed E-state index contributed by atoms with van der Waals surface area (Å²) in [6.07, 6.45) is 0. The van der Waals surface area contributed by atoms with Crippen LogP contribution in [0.4, 0.5) is 0 Å². The van der Waals surface area contributed by atoms with E-state index in [9.17, 15) is 4.79 Å². The third-order valence-electron chi connectivity index (χ3n) is 4.90. The van der Waals surface area contributed by atoms with Gasteiger partial charge in [0.05, 0.1) is 7.11 Å². The van der Waals surface area contributed by atoms with Gasteiger partial charge < -0.3 is 10.1 Å². The number of benzene rings is 2. The van der Waals surface area contributed by atoms with Crippen LogP contribution in [0.15, 0.2) is 48.5 Å². The van der Waals surface area contributed by atoms with Gasteiger partial charge >= 0.3 is 0 Å². The van der Waals surface area contributed by atoms with Crippen molar-refractivity contribution in [3.63, 3.8) is 0 Å². The smallest absolute Gasteiger partial charge is 0.251 e. The molecule has 0 aromatic heterocycles. The molecule has 0 heterocycles. The van der Waals surface area contributed by atoms with Gasteiger partial charge in [0.1, 0.15) is 5.75 Å². The molecular formula is C20H23NO2. The molecule has 0 radical (unpaired) electrons. The van der Waals surface area contributed by atoms with E-state index in [0.29, 0.717) is 11.5 Å². The maximum Gasteiger partial charge on any atom is 0.251 e. The fourth-order valence-electron chi connectivity index (χ4n) is 3.27. The van der Waals surface area contributed by atoms with Crippen molar-refractivity contribution in [2.75, 3.05) is 7.11 Å². The third kappa shape index (κ3) is 2.96. The molecule has 120 valence electrons. The lowest BCUT2D eigenvalue weighted by molar-refractivity contribution is 0.0946. The minimum absolute atomic E-state index is 0.0275. The summed E-state index contributed by atoms with van der Waals surface area (Å²) in [6.45, 7) is 6.50. The Labute approximate surface area is 137 Å². The molecule has 0 bridgehead atoms. The van der Waals surface area contributed by atoms with Gasteiger partial charge in [0, 0.05) is 17.5 Å². The zero-order valence-electron chi connectivity index (χ0n) is 14.1.